The zero-order chi connectivity index (χ0) is 19.9. The van der Waals surface area contributed by atoms with Crippen molar-refractivity contribution in [3.63, 3.8) is 0 Å². The number of nitriles is 1. The molecule has 0 saturated heterocycles. The molecular formula is C22H15N2O4-. The first-order valence-corrected chi connectivity index (χ1v) is 8.41. The van der Waals surface area contributed by atoms with Gasteiger partial charge in [-0.25, -0.2) is 0 Å². The number of fused-ring (bicyclic) bond motifs is 1. The minimum Gasteiger partial charge on any atom is -0.546 e. The van der Waals surface area contributed by atoms with Crippen LogP contribution in [0.5, 0.6) is 5.75 Å². The Balaban J connectivity index is 1.88. The van der Waals surface area contributed by atoms with E-state index in [1.807, 2.05) is 42.5 Å². The number of carboxylic acid groups (broad SMARTS) is 1. The lowest BCUT2D eigenvalue weighted by Crippen LogP contribution is -2.29. The Morgan fingerprint density at radius 2 is 1.75 bits per heavy atom. The Bertz CT molecular complexity index is 1110. The van der Waals surface area contributed by atoms with E-state index in [2.05, 4.69) is 5.32 Å². The highest BCUT2D eigenvalue weighted by Gasteiger charge is 2.12. The van der Waals surface area contributed by atoms with Crippen molar-refractivity contribution in [2.45, 2.75) is 0 Å². The van der Waals surface area contributed by atoms with Crippen molar-refractivity contribution < 1.29 is 19.4 Å². The highest BCUT2D eigenvalue weighted by Crippen LogP contribution is 2.25. The molecule has 0 unspecified atom stereocenters. The molecule has 3 rings (SSSR count). The number of hydrogen-bond acceptors (Lipinski definition) is 5. The number of ether oxygens (including phenoxy) is 1. The summed E-state index contributed by atoms with van der Waals surface area (Å²) in [4.78, 5) is 23.2. The summed E-state index contributed by atoms with van der Waals surface area (Å²) < 4.78 is 5.15. The average Bonchev–Trinajstić information content (AvgIpc) is 2.71. The van der Waals surface area contributed by atoms with Gasteiger partial charge in [0.2, 0.25) is 0 Å². The predicted octanol–water partition coefficient (Wildman–Crippen LogP) is 2.51. The molecule has 3 aromatic rings. The van der Waals surface area contributed by atoms with Gasteiger partial charge in [0.15, 0.2) is 0 Å². The molecule has 6 heteroatoms. The number of anilines is 1. The van der Waals surface area contributed by atoms with Gasteiger partial charge in [-0.1, -0.05) is 54.6 Å². The molecule has 138 valence electrons. The Kier molecular flexibility index (Phi) is 5.68. The van der Waals surface area contributed by atoms with Crippen LogP contribution in [0.2, 0.25) is 0 Å². The smallest absolute Gasteiger partial charge is 0.266 e. The number of para-hydroxylation sites is 1. The van der Waals surface area contributed by atoms with E-state index in [1.54, 1.807) is 30.3 Å². The molecule has 0 fully saturated rings. The number of aliphatic carboxylic acids is 1. The lowest BCUT2D eigenvalue weighted by Gasteiger charge is -2.11. The summed E-state index contributed by atoms with van der Waals surface area (Å²) in [7, 11) is 0. The van der Waals surface area contributed by atoms with E-state index in [-0.39, 0.29) is 11.3 Å². The largest absolute Gasteiger partial charge is 0.546 e. The molecule has 1 N–H and O–H groups in total. The zero-order valence-electron chi connectivity index (χ0n) is 14.7. The molecular weight excluding hydrogens is 356 g/mol. The standard InChI is InChI=1S/C22H16N2O4/c23-13-17(12-16-7-2-4-11-20(16)28-14-21(25)26)22(27)24-19-10-5-8-15-6-1-3-9-18(15)19/h1-12H,14H2,(H,24,27)(H,25,26)/p-1/b17-12+. The monoisotopic (exact) mass is 371 g/mol. The van der Waals surface area contributed by atoms with Gasteiger partial charge in [0.05, 0.1) is 5.97 Å². The van der Waals surface area contributed by atoms with E-state index >= 15 is 0 Å². The van der Waals surface area contributed by atoms with Crippen LogP contribution in [0.25, 0.3) is 16.8 Å². The molecule has 0 saturated carbocycles. The van der Waals surface area contributed by atoms with Crippen LogP contribution in [0, 0.1) is 11.3 Å². The van der Waals surface area contributed by atoms with Gasteiger partial charge >= 0.3 is 0 Å². The van der Waals surface area contributed by atoms with Crippen LogP contribution in [0.15, 0.2) is 72.3 Å². The van der Waals surface area contributed by atoms with Crippen molar-refractivity contribution in [3.8, 4) is 11.8 Å². The number of amides is 1. The Hall–Kier alpha value is -4.11. The van der Waals surface area contributed by atoms with E-state index in [0.29, 0.717) is 11.3 Å². The summed E-state index contributed by atoms with van der Waals surface area (Å²) in [6.07, 6.45) is 1.35. The van der Waals surface area contributed by atoms with Crippen LogP contribution in [0.1, 0.15) is 5.56 Å². The third kappa shape index (κ3) is 4.34. The number of nitrogens with one attached hydrogen (secondary N) is 1. The number of benzene rings is 3. The fourth-order valence-corrected chi connectivity index (χ4v) is 2.70. The van der Waals surface area contributed by atoms with Crippen LogP contribution in [-0.2, 0) is 9.59 Å². The minimum atomic E-state index is -1.37. The summed E-state index contributed by atoms with van der Waals surface area (Å²) in [5.41, 5.74) is 0.858. The van der Waals surface area contributed by atoms with E-state index in [9.17, 15) is 20.0 Å². The summed E-state index contributed by atoms with van der Waals surface area (Å²) in [6, 6.07) is 21.5. The molecule has 0 aliphatic rings. The number of carbonyl (C=O) groups is 2. The third-order valence-electron chi connectivity index (χ3n) is 3.97. The van der Waals surface area contributed by atoms with Gasteiger partial charge in [0, 0.05) is 16.6 Å². The van der Waals surface area contributed by atoms with Crippen molar-refractivity contribution in [1.82, 2.24) is 0 Å². The minimum absolute atomic E-state index is 0.141. The van der Waals surface area contributed by atoms with E-state index in [1.165, 1.54) is 6.08 Å². The fraction of sp³-hybridized carbons (Fsp3) is 0.0455. The molecule has 1 amide bonds. The van der Waals surface area contributed by atoms with Gasteiger partial charge in [-0.15, -0.1) is 0 Å². The molecule has 0 spiro atoms. The zero-order valence-corrected chi connectivity index (χ0v) is 14.7. The van der Waals surface area contributed by atoms with Gasteiger partial charge in [-0.2, -0.15) is 5.26 Å². The van der Waals surface area contributed by atoms with E-state index < -0.39 is 18.5 Å². The molecule has 0 aliphatic carbocycles. The molecule has 28 heavy (non-hydrogen) atoms. The normalized spacial score (nSPS) is 10.9. The van der Waals surface area contributed by atoms with Gasteiger partial charge in [-0.3, -0.25) is 4.79 Å². The molecule has 0 atom stereocenters. The number of nitrogens with zero attached hydrogens (tertiary/aromatic N) is 1. The Morgan fingerprint density at radius 1 is 1.04 bits per heavy atom. The maximum Gasteiger partial charge on any atom is 0.266 e. The molecule has 6 nitrogen and oxygen atoms in total. The predicted molar refractivity (Wildman–Crippen MR) is 103 cm³/mol. The van der Waals surface area contributed by atoms with Gasteiger partial charge in [0.25, 0.3) is 5.91 Å². The topological polar surface area (TPSA) is 102 Å². The lowest BCUT2D eigenvalue weighted by atomic mass is 10.1. The number of hydrogen-bond donors (Lipinski definition) is 1. The Labute approximate surface area is 161 Å². The van der Waals surface area contributed by atoms with Gasteiger partial charge < -0.3 is 20.0 Å². The average molecular weight is 371 g/mol. The van der Waals surface area contributed by atoms with Crippen molar-refractivity contribution in [3.05, 3.63) is 77.9 Å². The first-order valence-electron chi connectivity index (χ1n) is 8.41. The summed E-state index contributed by atoms with van der Waals surface area (Å²) in [6.45, 7) is -0.630. The lowest BCUT2D eigenvalue weighted by molar-refractivity contribution is -0.307. The molecule has 0 heterocycles. The van der Waals surface area contributed by atoms with Crippen molar-refractivity contribution in [2.75, 3.05) is 11.9 Å². The van der Waals surface area contributed by atoms with Crippen LogP contribution >= 0.6 is 0 Å². The first-order chi connectivity index (χ1) is 13.6. The van der Waals surface area contributed by atoms with Crippen LogP contribution in [0.4, 0.5) is 5.69 Å². The van der Waals surface area contributed by atoms with E-state index in [0.717, 1.165) is 10.8 Å². The second-order valence-electron chi connectivity index (χ2n) is 5.85. The molecule has 0 bridgehead atoms. The highest BCUT2D eigenvalue weighted by atomic mass is 16.5. The van der Waals surface area contributed by atoms with E-state index in [4.69, 9.17) is 4.74 Å². The highest BCUT2D eigenvalue weighted by molar-refractivity contribution is 6.13. The molecule has 0 aliphatic heterocycles. The number of rotatable bonds is 6. The molecule has 0 aromatic heterocycles. The van der Waals surface area contributed by atoms with Crippen molar-refractivity contribution >= 4 is 34.4 Å². The second kappa shape index (κ2) is 8.52. The second-order valence-corrected chi connectivity index (χ2v) is 5.85. The van der Waals surface area contributed by atoms with Crippen LogP contribution < -0.4 is 15.2 Å². The Morgan fingerprint density at radius 3 is 2.54 bits per heavy atom. The maximum atomic E-state index is 12.6. The number of carboxylic acids is 1. The first kappa shape index (κ1) is 18.7. The SMILES string of the molecule is N#C/C(=C\c1ccccc1OCC(=O)[O-])C(=O)Nc1cccc2ccccc12. The van der Waals surface area contributed by atoms with Gasteiger partial charge in [-0.05, 0) is 23.6 Å². The summed E-state index contributed by atoms with van der Waals surface area (Å²) >= 11 is 0. The maximum absolute atomic E-state index is 12.6. The van der Waals surface area contributed by atoms with Gasteiger partial charge in [0.1, 0.15) is 24.0 Å². The third-order valence-corrected chi connectivity index (χ3v) is 3.97. The van der Waals surface area contributed by atoms with Crippen LogP contribution in [-0.4, -0.2) is 18.5 Å². The molecule has 3 aromatic carbocycles. The summed E-state index contributed by atoms with van der Waals surface area (Å²) in [5.74, 6) is -1.71. The van der Waals surface area contributed by atoms with Crippen molar-refractivity contribution in [1.29, 1.82) is 5.26 Å². The quantitative estimate of drug-likeness (QED) is 0.530. The molecule has 0 radical (unpaired) electrons. The number of carbonyl (C=O) groups excluding carboxylic acids is 2. The van der Waals surface area contributed by atoms with Crippen molar-refractivity contribution in [2.24, 2.45) is 0 Å². The summed E-state index contributed by atoms with van der Waals surface area (Å²) in [5, 5.41) is 24.6. The van der Waals surface area contributed by atoms with Crippen LogP contribution in [0.3, 0.4) is 0 Å². The fourth-order valence-electron chi connectivity index (χ4n) is 2.70.